The molecule has 0 atom stereocenters. The molecule has 1 rings (SSSR count). The van der Waals surface area contributed by atoms with Gasteiger partial charge in [0, 0.05) is 12.1 Å². The molecule has 0 fully saturated rings. The number of amides is 2. The highest BCUT2D eigenvalue weighted by Crippen LogP contribution is 2.28. The second-order valence-corrected chi connectivity index (χ2v) is 5.64. The highest BCUT2D eigenvalue weighted by molar-refractivity contribution is 5.94. The molecule has 0 aliphatic heterocycles. The Morgan fingerprint density at radius 2 is 1.79 bits per heavy atom. The van der Waals surface area contributed by atoms with Crippen molar-refractivity contribution in [1.29, 1.82) is 0 Å². The number of likely N-dealkylation sites (N-methyl/N-ethyl adjacent to an activating group) is 1. The number of carbonyl (C=O) groups excluding carboxylic acids is 2. The maximum absolute atomic E-state index is 12.2. The van der Waals surface area contributed by atoms with Gasteiger partial charge in [0.2, 0.25) is 11.8 Å². The lowest BCUT2D eigenvalue weighted by atomic mass is 10.2. The predicted molar refractivity (Wildman–Crippen MR) is 93.6 cm³/mol. The van der Waals surface area contributed by atoms with E-state index in [4.69, 9.17) is 9.47 Å². The van der Waals surface area contributed by atoms with Crippen molar-refractivity contribution in [3.8, 4) is 11.5 Å². The molecular formula is C17H27N3O4. The van der Waals surface area contributed by atoms with Gasteiger partial charge in [0.25, 0.3) is 0 Å². The smallest absolute Gasteiger partial charge is 0.238 e. The molecule has 0 aliphatic carbocycles. The van der Waals surface area contributed by atoms with E-state index in [1.165, 1.54) is 7.11 Å². The molecule has 2 amide bonds. The summed E-state index contributed by atoms with van der Waals surface area (Å²) in [6, 6.07) is 5.24. The van der Waals surface area contributed by atoms with E-state index in [1.54, 1.807) is 30.2 Å². The number of anilines is 1. The van der Waals surface area contributed by atoms with E-state index >= 15 is 0 Å². The van der Waals surface area contributed by atoms with Gasteiger partial charge in [0.05, 0.1) is 33.0 Å². The van der Waals surface area contributed by atoms with E-state index in [1.807, 2.05) is 20.8 Å². The lowest BCUT2D eigenvalue weighted by molar-refractivity contribution is -0.123. The average molecular weight is 337 g/mol. The fourth-order valence-corrected chi connectivity index (χ4v) is 2.14. The highest BCUT2D eigenvalue weighted by Gasteiger charge is 2.15. The van der Waals surface area contributed by atoms with Crippen LogP contribution in [0.15, 0.2) is 18.2 Å². The van der Waals surface area contributed by atoms with Gasteiger partial charge in [-0.05, 0) is 32.5 Å². The first kappa shape index (κ1) is 19.8. The zero-order valence-electron chi connectivity index (χ0n) is 15.0. The topological polar surface area (TPSA) is 79.9 Å². The van der Waals surface area contributed by atoms with Gasteiger partial charge in [0.1, 0.15) is 11.5 Å². The number of hydrogen-bond acceptors (Lipinski definition) is 5. The Labute approximate surface area is 143 Å². The minimum absolute atomic E-state index is 0.0774. The van der Waals surface area contributed by atoms with Gasteiger partial charge in [-0.3, -0.25) is 14.5 Å². The van der Waals surface area contributed by atoms with E-state index in [2.05, 4.69) is 10.6 Å². The van der Waals surface area contributed by atoms with Crippen molar-refractivity contribution in [1.82, 2.24) is 10.2 Å². The molecule has 7 nitrogen and oxygen atoms in total. The Bertz CT molecular complexity index is 561. The minimum atomic E-state index is -0.210. The molecule has 0 aliphatic rings. The normalized spacial score (nSPS) is 10.6. The molecule has 0 spiro atoms. The van der Waals surface area contributed by atoms with Crippen LogP contribution in [-0.2, 0) is 9.59 Å². The van der Waals surface area contributed by atoms with Gasteiger partial charge in [-0.25, -0.2) is 0 Å². The first-order valence-corrected chi connectivity index (χ1v) is 7.93. The zero-order valence-corrected chi connectivity index (χ0v) is 15.0. The van der Waals surface area contributed by atoms with Crippen LogP contribution in [0.25, 0.3) is 0 Å². The summed E-state index contributed by atoms with van der Waals surface area (Å²) in [5, 5.41) is 5.61. The fourth-order valence-electron chi connectivity index (χ4n) is 2.14. The Hall–Kier alpha value is -2.28. The van der Waals surface area contributed by atoms with Crippen molar-refractivity contribution >= 4 is 17.5 Å². The molecule has 0 radical (unpaired) electrons. The lowest BCUT2D eigenvalue weighted by Crippen LogP contribution is -2.42. The SMILES string of the molecule is CCN(CC(=O)Nc1ccc(OC)cc1OC)CC(=O)NC(C)C. The second-order valence-electron chi connectivity index (χ2n) is 5.64. The molecule has 1 aromatic carbocycles. The number of ether oxygens (including phenoxy) is 2. The summed E-state index contributed by atoms with van der Waals surface area (Å²) in [7, 11) is 3.09. The molecule has 0 bridgehead atoms. The lowest BCUT2D eigenvalue weighted by Gasteiger charge is -2.20. The van der Waals surface area contributed by atoms with Crippen molar-refractivity contribution in [3.63, 3.8) is 0 Å². The maximum Gasteiger partial charge on any atom is 0.238 e. The number of nitrogens with zero attached hydrogens (tertiary/aromatic N) is 1. The molecule has 0 aromatic heterocycles. The third kappa shape index (κ3) is 6.45. The zero-order chi connectivity index (χ0) is 18.1. The number of carbonyl (C=O) groups is 2. The highest BCUT2D eigenvalue weighted by atomic mass is 16.5. The second kappa shape index (κ2) is 9.77. The molecule has 0 saturated carbocycles. The van der Waals surface area contributed by atoms with Gasteiger partial charge in [-0.15, -0.1) is 0 Å². The van der Waals surface area contributed by atoms with Crippen molar-refractivity contribution < 1.29 is 19.1 Å². The van der Waals surface area contributed by atoms with Crippen LogP contribution >= 0.6 is 0 Å². The van der Waals surface area contributed by atoms with Gasteiger partial charge in [-0.2, -0.15) is 0 Å². The largest absolute Gasteiger partial charge is 0.497 e. The summed E-state index contributed by atoms with van der Waals surface area (Å²) < 4.78 is 10.4. The van der Waals surface area contributed by atoms with E-state index in [9.17, 15) is 9.59 Å². The fraction of sp³-hybridized carbons (Fsp3) is 0.529. The molecule has 0 saturated heterocycles. The van der Waals surface area contributed by atoms with E-state index in [0.29, 0.717) is 23.7 Å². The van der Waals surface area contributed by atoms with Crippen LogP contribution in [0.3, 0.4) is 0 Å². The number of methoxy groups -OCH3 is 2. The monoisotopic (exact) mass is 337 g/mol. The molecular weight excluding hydrogens is 310 g/mol. The van der Waals surface area contributed by atoms with Crippen molar-refractivity contribution in [2.45, 2.75) is 26.8 Å². The van der Waals surface area contributed by atoms with Gasteiger partial charge in [-0.1, -0.05) is 6.92 Å². The first-order chi connectivity index (χ1) is 11.4. The Kier molecular flexibility index (Phi) is 8.05. The summed E-state index contributed by atoms with van der Waals surface area (Å²) in [6.07, 6.45) is 0. The predicted octanol–water partition coefficient (Wildman–Crippen LogP) is 1.49. The van der Waals surface area contributed by atoms with Crippen LogP contribution < -0.4 is 20.1 Å². The summed E-state index contributed by atoms with van der Waals surface area (Å²) in [5.41, 5.74) is 0.561. The van der Waals surface area contributed by atoms with E-state index < -0.39 is 0 Å². The summed E-state index contributed by atoms with van der Waals surface area (Å²) in [6.45, 7) is 6.61. The molecule has 24 heavy (non-hydrogen) atoms. The van der Waals surface area contributed by atoms with E-state index in [0.717, 1.165) is 0 Å². The third-order valence-corrected chi connectivity index (χ3v) is 3.31. The molecule has 134 valence electrons. The van der Waals surface area contributed by atoms with Crippen LogP contribution in [-0.4, -0.2) is 56.6 Å². The standard InChI is InChI=1S/C17H27N3O4/c1-6-20(10-16(21)18-12(2)3)11-17(22)19-14-8-7-13(23-4)9-15(14)24-5/h7-9,12H,6,10-11H2,1-5H3,(H,18,21)(H,19,22). The number of benzene rings is 1. The van der Waals surface area contributed by atoms with Gasteiger partial charge < -0.3 is 20.1 Å². The van der Waals surface area contributed by atoms with Gasteiger partial charge >= 0.3 is 0 Å². The molecule has 7 heteroatoms. The van der Waals surface area contributed by atoms with Crippen molar-refractivity contribution in [2.75, 3.05) is 39.2 Å². The molecule has 1 aromatic rings. The molecule has 0 heterocycles. The Balaban J connectivity index is 2.65. The quantitative estimate of drug-likeness (QED) is 0.714. The van der Waals surface area contributed by atoms with Crippen molar-refractivity contribution in [3.05, 3.63) is 18.2 Å². The third-order valence-electron chi connectivity index (χ3n) is 3.31. The molecule has 2 N–H and O–H groups in total. The average Bonchev–Trinajstić information content (AvgIpc) is 2.53. The van der Waals surface area contributed by atoms with E-state index in [-0.39, 0.29) is 30.9 Å². The summed E-state index contributed by atoms with van der Waals surface area (Å²) in [4.78, 5) is 25.8. The van der Waals surface area contributed by atoms with Crippen LogP contribution in [0, 0.1) is 0 Å². The molecule has 0 unspecified atom stereocenters. The summed E-state index contributed by atoms with van der Waals surface area (Å²) in [5.74, 6) is 0.855. The van der Waals surface area contributed by atoms with Gasteiger partial charge in [0.15, 0.2) is 0 Å². The first-order valence-electron chi connectivity index (χ1n) is 7.93. The number of nitrogens with one attached hydrogen (secondary N) is 2. The van der Waals surface area contributed by atoms with Crippen LogP contribution in [0.2, 0.25) is 0 Å². The maximum atomic E-state index is 12.2. The minimum Gasteiger partial charge on any atom is -0.497 e. The van der Waals surface area contributed by atoms with Crippen molar-refractivity contribution in [2.24, 2.45) is 0 Å². The number of hydrogen-bond donors (Lipinski definition) is 2. The number of rotatable bonds is 9. The summed E-state index contributed by atoms with van der Waals surface area (Å²) >= 11 is 0. The Morgan fingerprint density at radius 3 is 2.33 bits per heavy atom. The van der Waals surface area contributed by atoms with Crippen LogP contribution in [0.1, 0.15) is 20.8 Å². The Morgan fingerprint density at radius 1 is 1.12 bits per heavy atom. The van der Waals surface area contributed by atoms with Crippen LogP contribution in [0.5, 0.6) is 11.5 Å². The van der Waals surface area contributed by atoms with Crippen LogP contribution in [0.4, 0.5) is 5.69 Å².